The quantitative estimate of drug-likeness (QED) is 0.911. The lowest BCUT2D eigenvalue weighted by atomic mass is 10.1. The van der Waals surface area contributed by atoms with Gasteiger partial charge >= 0.3 is 0 Å². The van der Waals surface area contributed by atoms with Crippen molar-refractivity contribution in [2.24, 2.45) is 0 Å². The topological polar surface area (TPSA) is 44.4 Å². The predicted octanol–water partition coefficient (Wildman–Crippen LogP) is 2.64. The molecular formula is C16H16FN3O. The second kappa shape index (κ2) is 5.54. The molecular weight excluding hydrogens is 269 g/mol. The molecule has 0 fully saturated rings. The number of hydrogen-bond donors (Lipinski definition) is 2. The first-order chi connectivity index (χ1) is 10.2. The number of benzene rings is 2. The smallest absolute Gasteiger partial charge is 0.244 e. The molecule has 1 heterocycles. The number of rotatable bonds is 3. The van der Waals surface area contributed by atoms with Crippen molar-refractivity contribution in [1.82, 2.24) is 5.32 Å². The zero-order chi connectivity index (χ0) is 14.8. The number of fused-ring (bicyclic) bond motifs is 1. The molecule has 0 radical (unpaired) electrons. The minimum absolute atomic E-state index is 0.106. The molecule has 2 aromatic rings. The normalized spacial score (nSPS) is 13.8. The maximum Gasteiger partial charge on any atom is 0.244 e. The van der Waals surface area contributed by atoms with Crippen LogP contribution < -0.4 is 15.5 Å². The molecule has 5 heteroatoms. The first kappa shape index (κ1) is 13.6. The van der Waals surface area contributed by atoms with Gasteiger partial charge in [-0.2, -0.15) is 0 Å². The fourth-order valence-electron chi connectivity index (χ4n) is 2.63. The van der Waals surface area contributed by atoms with E-state index in [0.29, 0.717) is 17.9 Å². The van der Waals surface area contributed by atoms with Crippen LogP contribution in [0.4, 0.5) is 21.5 Å². The number of carbonyl (C=O) groups excluding carboxylic acids is 1. The third kappa shape index (κ3) is 2.48. The van der Waals surface area contributed by atoms with Crippen LogP contribution in [-0.2, 0) is 11.3 Å². The van der Waals surface area contributed by atoms with Crippen LogP contribution in [0.2, 0.25) is 0 Å². The summed E-state index contributed by atoms with van der Waals surface area (Å²) in [5.74, 6) is -0.473. The number of amides is 1. The average molecular weight is 285 g/mol. The van der Waals surface area contributed by atoms with Gasteiger partial charge in [0.1, 0.15) is 12.4 Å². The molecule has 3 rings (SSSR count). The van der Waals surface area contributed by atoms with E-state index in [2.05, 4.69) is 10.6 Å². The predicted molar refractivity (Wildman–Crippen MR) is 81.2 cm³/mol. The van der Waals surface area contributed by atoms with Gasteiger partial charge in [0.2, 0.25) is 5.91 Å². The Kier molecular flexibility index (Phi) is 3.58. The Balaban J connectivity index is 2.15. The highest BCUT2D eigenvalue weighted by molar-refractivity contribution is 6.03. The SMILES string of the molecule is CNCc1cccc(F)c1N1CC(=O)Nc2ccccc21. The Labute approximate surface area is 122 Å². The van der Waals surface area contributed by atoms with E-state index in [1.54, 1.807) is 11.0 Å². The Morgan fingerprint density at radius 3 is 2.86 bits per heavy atom. The molecule has 2 aromatic carbocycles. The van der Waals surface area contributed by atoms with Gasteiger partial charge < -0.3 is 15.5 Å². The molecule has 2 N–H and O–H groups in total. The van der Waals surface area contributed by atoms with Gasteiger partial charge in [-0.15, -0.1) is 0 Å². The molecule has 1 aliphatic heterocycles. The zero-order valence-electron chi connectivity index (χ0n) is 11.7. The number of nitrogens with one attached hydrogen (secondary N) is 2. The van der Waals surface area contributed by atoms with E-state index in [4.69, 9.17) is 0 Å². The molecule has 0 atom stereocenters. The number of carbonyl (C=O) groups is 1. The lowest BCUT2D eigenvalue weighted by Gasteiger charge is -2.32. The lowest BCUT2D eigenvalue weighted by Crippen LogP contribution is -2.36. The van der Waals surface area contributed by atoms with Crippen LogP contribution >= 0.6 is 0 Å². The van der Waals surface area contributed by atoms with Gasteiger partial charge in [-0.3, -0.25) is 4.79 Å². The van der Waals surface area contributed by atoms with E-state index in [1.807, 2.05) is 37.4 Å². The summed E-state index contributed by atoms with van der Waals surface area (Å²) < 4.78 is 14.4. The van der Waals surface area contributed by atoms with Crippen LogP contribution in [0.15, 0.2) is 42.5 Å². The minimum Gasteiger partial charge on any atom is -0.328 e. The Morgan fingerprint density at radius 2 is 2.05 bits per heavy atom. The molecule has 0 saturated carbocycles. The zero-order valence-corrected chi connectivity index (χ0v) is 11.7. The molecule has 0 spiro atoms. The summed E-state index contributed by atoms with van der Waals surface area (Å²) in [4.78, 5) is 13.6. The Bertz CT molecular complexity index is 687. The van der Waals surface area contributed by atoms with Crippen LogP contribution in [0.3, 0.4) is 0 Å². The van der Waals surface area contributed by atoms with Gasteiger partial charge in [-0.1, -0.05) is 24.3 Å². The summed E-state index contributed by atoms with van der Waals surface area (Å²) in [7, 11) is 1.81. The largest absolute Gasteiger partial charge is 0.328 e. The summed E-state index contributed by atoms with van der Waals surface area (Å²) in [5.41, 5.74) is 2.78. The van der Waals surface area contributed by atoms with Crippen LogP contribution in [-0.4, -0.2) is 19.5 Å². The first-order valence-electron chi connectivity index (χ1n) is 6.79. The van der Waals surface area contributed by atoms with Crippen molar-refractivity contribution >= 4 is 23.0 Å². The highest BCUT2D eigenvalue weighted by atomic mass is 19.1. The fraction of sp³-hybridized carbons (Fsp3) is 0.188. The monoisotopic (exact) mass is 285 g/mol. The third-order valence-corrected chi connectivity index (χ3v) is 3.48. The molecule has 0 aromatic heterocycles. The van der Waals surface area contributed by atoms with Gasteiger partial charge in [0.05, 0.1) is 17.1 Å². The summed E-state index contributed by atoms with van der Waals surface area (Å²) in [6.45, 7) is 0.641. The summed E-state index contributed by atoms with van der Waals surface area (Å²) in [6.07, 6.45) is 0. The number of para-hydroxylation sites is 3. The van der Waals surface area contributed by atoms with Gasteiger partial charge in [0, 0.05) is 6.54 Å². The lowest BCUT2D eigenvalue weighted by molar-refractivity contribution is -0.115. The summed E-state index contributed by atoms with van der Waals surface area (Å²) in [6, 6.07) is 12.4. The Morgan fingerprint density at radius 1 is 1.24 bits per heavy atom. The van der Waals surface area contributed by atoms with E-state index < -0.39 is 0 Å². The van der Waals surface area contributed by atoms with Crippen molar-refractivity contribution in [3.63, 3.8) is 0 Å². The van der Waals surface area contributed by atoms with E-state index in [-0.39, 0.29) is 18.3 Å². The van der Waals surface area contributed by atoms with Gasteiger partial charge in [-0.05, 0) is 30.8 Å². The number of anilines is 3. The second-order valence-corrected chi connectivity index (χ2v) is 4.93. The number of hydrogen-bond acceptors (Lipinski definition) is 3. The van der Waals surface area contributed by atoms with Gasteiger partial charge in [0.15, 0.2) is 0 Å². The van der Waals surface area contributed by atoms with E-state index in [1.165, 1.54) is 6.07 Å². The Hall–Kier alpha value is -2.40. The van der Waals surface area contributed by atoms with Gasteiger partial charge in [-0.25, -0.2) is 4.39 Å². The summed E-state index contributed by atoms with van der Waals surface area (Å²) >= 11 is 0. The van der Waals surface area contributed by atoms with Gasteiger partial charge in [0.25, 0.3) is 0 Å². The molecule has 108 valence electrons. The molecule has 4 nitrogen and oxygen atoms in total. The molecule has 0 aliphatic carbocycles. The van der Waals surface area contributed by atoms with Crippen LogP contribution in [0, 0.1) is 5.82 Å². The maximum atomic E-state index is 14.4. The molecule has 0 saturated heterocycles. The highest BCUT2D eigenvalue weighted by Crippen LogP contribution is 2.37. The van der Waals surface area contributed by atoms with Crippen molar-refractivity contribution < 1.29 is 9.18 Å². The average Bonchev–Trinajstić information content (AvgIpc) is 2.47. The van der Waals surface area contributed by atoms with Crippen molar-refractivity contribution in [2.45, 2.75) is 6.54 Å². The van der Waals surface area contributed by atoms with Crippen molar-refractivity contribution in [3.05, 3.63) is 53.8 Å². The van der Waals surface area contributed by atoms with E-state index in [0.717, 1.165) is 11.3 Å². The number of halogens is 1. The fourth-order valence-corrected chi connectivity index (χ4v) is 2.63. The van der Waals surface area contributed by atoms with Crippen molar-refractivity contribution in [3.8, 4) is 0 Å². The van der Waals surface area contributed by atoms with Crippen molar-refractivity contribution in [2.75, 3.05) is 23.8 Å². The maximum absolute atomic E-state index is 14.4. The molecule has 1 amide bonds. The van der Waals surface area contributed by atoms with E-state index in [9.17, 15) is 9.18 Å². The standard InChI is InChI=1S/C16H16FN3O/c1-18-9-11-5-4-6-12(17)16(11)20-10-15(21)19-13-7-2-3-8-14(13)20/h2-8,18H,9-10H2,1H3,(H,19,21). The first-order valence-corrected chi connectivity index (χ1v) is 6.79. The second-order valence-electron chi connectivity index (χ2n) is 4.93. The molecule has 21 heavy (non-hydrogen) atoms. The minimum atomic E-state index is -0.327. The highest BCUT2D eigenvalue weighted by Gasteiger charge is 2.26. The number of nitrogens with zero attached hydrogens (tertiary/aromatic N) is 1. The van der Waals surface area contributed by atoms with E-state index >= 15 is 0 Å². The summed E-state index contributed by atoms with van der Waals surface area (Å²) in [5, 5.41) is 5.84. The van der Waals surface area contributed by atoms with Crippen LogP contribution in [0.1, 0.15) is 5.56 Å². The molecule has 0 bridgehead atoms. The van der Waals surface area contributed by atoms with Crippen molar-refractivity contribution in [1.29, 1.82) is 0 Å². The van der Waals surface area contributed by atoms with Crippen LogP contribution in [0.25, 0.3) is 0 Å². The molecule has 1 aliphatic rings. The molecule has 0 unspecified atom stereocenters. The van der Waals surface area contributed by atoms with Crippen LogP contribution in [0.5, 0.6) is 0 Å². The third-order valence-electron chi connectivity index (χ3n) is 3.48.